The molecule has 2 rings (SSSR count). The molecule has 0 aliphatic carbocycles. The number of anilines is 1. The van der Waals surface area contributed by atoms with Crippen LogP contribution in [-0.4, -0.2) is 4.98 Å². The molecule has 2 nitrogen and oxygen atoms in total. The van der Waals surface area contributed by atoms with Crippen LogP contribution >= 0.6 is 15.9 Å². The summed E-state index contributed by atoms with van der Waals surface area (Å²) in [7, 11) is 0. The minimum atomic E-state index is 0.689. The van der Waals surface area contributed by atoms with E-state index in [0.29, 0.717) is 5.69 Å². The molecule has 0 amide bonds. The van der Waals surface area contributed by atoms with Crippen LogP contribution in [0.4, 0.5) is 5.69 Å². The number of nitrogens with zero attached hydrogens (tertiary/aromatic N) is 1. The molecular formula is C9H7BrN2. The zero-order valence-corrected chi connectivity index (χ0v) is 7.88. The molecule has 12 heavy (non-hydrogen) atoms. The van der Waals surface area contributed by atoms with E-state index < -0.39 is 0 Å². The highest BCUT2D eigenvalue weighted by molar-refractivity contribution is 9.10. The number of hydrogen-bond acceptors (Lipinski definition) is 2. The Hall–Kier alpha value is -1.09. The largest absolute Gasteiger partial charge is 0.397 e. The lowest BCUT2D eigenvalue weighted by atomic mass is 10.2. The minimum absolute atomic E-state index is 0.689. The van der Waals surface area contributed by atoms with Crippen molar-refractivity contribution in [2.75, 3.05) is 5.73 Å². The molecule has 0 aliphatic rings. The van der Waals surface area contributed by atoms with Crippen molar-refractivity contribution < 1.29 is 0 Å². The summed E-state index contributed by atoms with van der Waals surface area (Å²) in [6, 6.07) is 7.80. The van der Waals surface area contributed by atoms with E-state index in [-0.39, 0.29) is 0 Å². The van der Waals surface area contributed by atoms with Crippen molar-refractivity contribution in [1.82, 2.24) is 4.98 Å². The fourth-order valence-corrected chi connectivity index (χ4v) is 1.60. The van der Waals surface area contributed by atoms with Crippen LogP contribution in [0.15, 0.2) is 34.9 Å². The maximum absolute atomic E-state index is 5.61. The molecule has 60 valence electrons. The summed E-state index contributed by atoms with van der Waals surface area (Å²) in [4.78, 5) is 4.19. The van der Waals surface area contributed by atoms with Crippen molar-refractivity contribution in [1.29, 1.82) is 0 Å². The van der Waals surface area contributed by atoms with Crippen molar-refractivity contribution in [3.63, 3.8) is 0 Å². The van der Waals surface area contributed by atoms with Gasteiger partial charge in [-0.15, -0.1) is 0 Å². The van der Waals surface area contributed by atoms with E-state index in [0.717, 1.165) is 15.4 Å². The average Bonchev–Trinajstić information content (AvgIpc) is 2.07. The van der Waals surface area contributed by atoms with Gasteiger partial charge in [0.1, 0.15) is 0 Å². The molecule has 0 radical (unpaired) electrons. The molecule has 0 atom stereocenters. The molecule has 0 fully saturated rings. The number of halogens is 1. The van der Waals surface area contributed by atoms with Crippen LogP contribution in [0.5, 0.6) is 0 Å². The van der Waals surface area contributed by atoms with Gasteiger partial charge in [-0.05, 0) is 18.2 Å². The highest BCUT2D eigenvalue weighted by Gasteiger charge is 1.98. The van der Waals surface area contributed by atoms with Gasteiger partial charge in [0, 0.05) is 9.86 Å². The molecule has 0 saturated heterocycles. The van der Waals surface area contributed by atoms with Crippen LogP contribution in [0.1, 0.15) is 0 Å². The SMILES string of the molecule is Nc1cnc2cccc(Br)c2c1. The molecule has 2 aromatic rings. The van der Waals surface area contributed by atoms with Crippen LogP contribution in [-0.2, 0) is 0 Å². The number of fused-ring (bicyclic) bond motifs is 1. The number of nitrogen functional groups attached to an aromatic ring is 1. The van der Waals surface area contributed by atoms with E-state index in [4.69, 9.17) is 5.73 Å². The van der Waals surface area contributed by atoms with E-state index in [1.54, 1.807) is 6.20 Å². The second kappa shape index (κ2) is 2.75. The Morgan fingerprint density at radius 1 is 1.33 bits per heavy atom. The quantitative estimate of drug-likeness (QED) is 0.745. The summed E-state index contributed by atoms with van der Waals surface area (Å²) in [6.45, 7) is 0. The van der Waals surface area contributed by atoms with Crippen molar-refractivity contribution in [2.24, 2.45) is 0 Å². The molecule has 2 N–H and O–H groups in total. The fraction of sp³-hybridized carbons (Fsp3) is 0. The lowest BCUT2D eigenvalue weighted by Crippen LogP contribution is -1.87. The summed E-state index contributed by atoms with van der Waals surface area (Å²) in [6.07, 6.45) is 1.66. The molecule has 0 bridgehead atoms. The van der Waals surface area contributed by atoms with Gasteiger partial charge >= 0.3 is 0 Å². The number of aromatic nitrogens is 1. The van der Waals surface area contributed by atoms with Crippen LogP contribution < -0.4 is 5.73 Å². The molecule has 3 heteroatoms. The molecule has 1 aromatic heterocycles. The second-order valence-corrected chi connectivity index (χ2v) is 3.43. The highest BCUT2D eigenvalue weighted by atomic mass is 79.9. The van der Waals surface area contributed by atoms with E-state index in [1.165, 1.54) is 0 Å². The normalized spacial score (nSPS) is 10.4. The highest BCUT2D eigenvalue weighted by Crippen LogP contribution is 2.23. The van der Waals surface area contributed by atoms with Gasteiger partial charge in [0.05, 0.1) is 17.4 Å². The molecule has 1 aromatic carbocycles. The number of rotatable bonds is 0. The van der Waals surface area contributed by atoms with Crippen molar-refractivity contribution >= 4 is 32.5 Å². The third-order valence-corrected chi connectivity index (χ3v) is 2.39. The predicted octanol–water partition coefficient (Wildman–Crippen LogP) is 2.58. The molecule has 1 heterocycles. The third-order valence-electron chi connectivity index (χ3n) is 1.69. The summed E-state index contributed by atoms with van der Waals surface area (Å²) >= 11 is 3.44. The van der Waals surface area contributed by atoms with E-state index >= 15 is 0 Å². The van der Waals surface area contributed by atoms with Crippen molar-refractivity contribution in [3.05, 3.63) is 34.9 Å². The maximum Gasteiger partial charge on any atom is 0.0714 e. The Morgan fingerprint density at radius 2 is 2.17 bits per heavy atom. The van der Waals surface area contributed by atoms with Crippen LogP contribution in [0, 0.1) is 0 Å². The zero-order chi connectivity index (χ0) is 8.55. The topological polar surface area (TPSA) is 38.9 Å². The van der Waals surface area contributed by atoms with Crippen molar-refractivity contribution in [3.8, 4) is 0 Å². The summed E-state index contributed by atoms with van der Waals surface area (Å²) < 4.78 is 1.03. The Kier molecular flexibility index (Phi) is 1.73. The van der Waals surface area contributed by atoms with Gasteiger partial charge in [-0.3, -0.25) is 4.98 Å². The van der Waals surface area contributed by atoms with Gasteiger partial charge < -0.3 is 5.73 Å². The molecule has 0 spiro atoms. The summed E-state index contributed by atoms with van der Waals surface area (Å²) in [5.74, 6) is 0. The second-order valence-electron chi connectivity index (χ2n) is 2.58. The average molecular weight is 223 g/mol. The van der Waals surface area contributed by atoms with Gasteiger partial charge in [-0.1, -0.05) is 22.0 Å². The summed E-state index contributed by atoms with van der Waals surface area (Å²) in [5, 5.41) is 1.05. The van der Waals surface area contributed by atoms with Gasteiger partial charge in [-0.2, -0.15) is 0 Å². The predicted molar refractivity (Wildman–Crippen MR) is 53.9 cm³/mol. The smallest absolute Gasteiger partial charge is 0.0714 e. The van der Waals surface area contributed by atoms with E-state index in [2.05, 4.69) is 20.9 Å². The van der Waals surface area contributed by atoms with Crippen LogP contribution in [0.25, 0.3) is 10.9 Å². The fourth-order valence-electron chi connectivity index (χ4n) is 1.13. The lowest BCUT2D eigenvalue weighted by Gasteiger charge is -1.99. The Morgan fingerprint density at radius 3 is 3.00 bits per heavy atom. The number of nitrogens with two attached hydrogens (primary N) is 1. The number of pyridine rings is 1. The van der Waals surface area contributed by atoms with Gasteiger partial charge in [0.15, 0.2) is 0 Å². The standard InChI is InChI=1S/C9H7BrN2/c10-8-2-1-3-9-7(8)4-6(11)5-12-9/h1-5H,11H2. The number of hydrogen-bond donors (Lipinski definition) is 1. The first-order valence-corrected chi connectivity index (χ1v) is 4.36. The first-order valence-electron chi connectivity index (χ1n) is 3.57. The van der Waals surface area contributed by atoms with E-state index in [9.17, 15) is 0 Å². The van der Waals surface area contributed by atoms with E-state index in [1.807, 2.05) is 24.3 Å². The zero-order valence-electron chi connectivity index (χ0n) is 6.29. The molecule has 0 unspecified atom stereocenters. The maximum atomic E-state index is 5.61. The minimum Gasteiger partial charge on any atom is -0.397 e. The first kappa shape index (κ1) is 7.55. The third kappa shape index (κ3) is 1.16. The van der Waals surface area contributed by atoms with Gasteiger partial charge in [0.25, 0.3) is 0 Å². The lowest BCUT2D eigenvalue weighted by molar-refractivity contribution is 1.41. The monoisotopic (exact) mass is 222 g/mol. The Labute approximate surface area is 78.5 Å². The Bertz CT molecular complexity index is 426. The number of benzene rings is 1. The van der Waals surface area contributed by atoms with Gasteiger partial charge in [0.2, 0.25) is 0 Å². The molecular weight excluding hydrogens is 216 g/mol. The van der Waals surface area contributed by atoms with Crippen LogP contribution in [0.3, 0.4) is 0 Å². The first-order chi connectivity index (χ1) is 5.77. The van der Waals surface area contributed by atoms with Crippen LogP contribution in [0.2, 0.25) is 0 Å². The Balaban J connectivity index is 2.88. The summed E-state index contributed by atoms with van der Waals surface area (Å²) in [5.41, 5.74) is 7.26. The molecule has 0 saturated carbocycles. The van der Waals surface area contributed by atoms with Gasteiger partial charge in [-0.25, -0.2) is 0 Å². The molecule has 0 aliphatic heterocycles. The van der Waals surface area contributed by atoms with Crippen molar-refractivity contribution in [2.45, 2.75) is 0 Å².